The standard InChI is InChI=1S/C15H21N3S/c1-11-7-13(8-16-3)5-6-15(11)18(4)9-14-10-19-12(2)17-14/h5-7,10,16H,8-9H2,1-4H3. The van der Waals surface area contributed by atoms with E-state index >= 15 is 0 Å². The van der Waals surface area contributed by atoms with E-state index < -0.39 is 0 Å². The molecule has 0 saturated heterocycles. The van der Waals surface area contributed by atoms with Gasteiger partial charge >= 0.3 is 0 Å². The van der Waals surface area contributed by atoms with Crippen molar-refractivity contribution in [2.75, 3.05) is 19.0 Å². The summed E-state index contributed by atoms with van der Waals surface area (Å²) in [4.78, 5) is 6.78. The van der Waals surface area contributed by atoms with Crippen molar-refractivity contribution in [3.63, 3.8) is 0 Å². The highest BCUT2D eigenvalue weighted by Crippen LogP contribution is 2.22. The van der Waals surface area contributed by atoms with Crippen LogP contribution in [0.1, 0.15) is 21.8 Å². The van der Waals surface area contributed by atoms with Gasteiger partial charge in [-0.25, -0.2) is 4.98 Å². The normalized spacial score (nSPS) is 10.7. The van der Waals surface area contributed by atoms with Crippen LogP contribution in [-0.4, -0.2) is 19.1 Å². The van der Waals surface area contributed by atoms with Crippen LogP contribution in [0.5, 0.6) is 0 Å². The second kappa shape index (κ2) is 6.17. The molecule has 0 aliphatic rings. The van der Waals surface area contributed by atoms with Crippen molar-refractivity contribution in [3.05, 3.63) is 45.4 Å². The second-order valence-corrected chi connectivity index (χ2v) is 5.93. The Morgan fingerprint density at radius 2 is 2.11 bits per heavy atom. The summed E-state index contributed by atoms with van der Waals surface area (Å²) < 4.78 is 0. The Hall–Kier alpha value is -1.39. The van der Waals surface area contributed by atoms with Crippen LogP contribution in [0.4, 0.5) is 5.69 Å². The van der Waals surface area contributed by atoms with E-state index in [1.54, 1.807) is 11.3 Å². The molecule has 0 radical (unpaired) electrons. The molecule has 0 fully saturated rings. The van der Waals surface area contributed by atoms with Gasteiger partial charge in [-0.2, -0.15) is 0 Å². The van der Waals surface area contributed by atoms with Gasteiger partial charge in [0.15, 0.2) is 0 Å². The average Bonchev–Trinajstić information content (AvgIpc) is 2.75. The minimum Gasteiger partial charge on any atom is -0.368 e. The molecular formula is C15H21N3S. The third kappa shape index (κ3) is 3.55. The zero-order valence-electron chi connectivity index (χ0n) is 12.0. The molecule has 19 heavy (non-hydrogen) atoms. The number of hydrogen-bond acceptors (Lipinski definition) is 4. The number of nitrogens with one attached hydrogen (secondary N) is 1. The summed E-state index contributed by atoms with van der Waals surface area (Å²) in [5.41, 5.74) is 5.04. The van der Waals surface area contributed by atoms with Crippen LogP contribution in [0.2, 0.25) is 0 Å². The Morgan fingerprint density at radius 3 is 2.68 bits per heavy atom. The van der Waals surface area contributed by atoms with E-state index in [2.05, 4.69) is 52.8 Å². The molecule has 0 aliphatic heterocycles. The van der Waals surface area contributed by atoms with Crippen molar-refractivity contribution < 1.29 is 0 Å². The largest absolute Gasteiger partial charge is 0.368 e. The number of aryl methyl sites for hydroxylation is 2. The van der Waals surface area contributed by atoms with Crippen LogP contribution in [0.25, 0.3) is 0 Å². The Balaban J connectivity index is 2.12. The van der Waals surface area contributed by atoms with Gasteiger partial charge in [0.2, 0.25) is 0 Å². The smallest absolute Gasteiger partial charge is 0.0898 e. The quantitative estimate of drug-likeness (QED) is 0.909. The lowest BCUT2D eigenvalue weighted by molar-refractivity contribution is 0.815. The summed E-state index contributed by atoms with van der Waals surface area (Å²) in [7, 11) is 4.09. The minimum absolute atomic E-state index is 0.858. The molecule has 2 rings (SSSR count). The Labute approximate surface area is 119 Å². The highest BCUT2D eigenvalue weighted by molar-refractivity contribution is 7.09. The minimum atomic E-state index is 0.858. The molecule has 2 aromatic rings. The average molecular weight is 275 g/mol. The van der Waals surface area contributed by atoms with Gasteiger partial charge in [0.1, 0.15) is 0 Å². The van der Waals surface area contributed by atoms with E-state index in [-0.39, 0.29) is 0 Å². The van der Waals surface area contributed by atoms with Gasteiger partial charge in [0.05, 0.1) is 17.2 Å². The number of thiazole rings is 1. The van der Waals surface area contributed by atoms with Crippen molar-refractivity contribution >= 4 is 17.0 Å². The van der Waals surface area contributed by atoms with Gasteiger partial charge in [-0.1, -0.05) is 12.1 Å². The number of rotatable bonds is 5. The van der Waals surface area contributed by atoms with E-state index in [4.69, 9.17) is 0 Å². The number of nitrogens with zero attached hydrogens (tertiary/aromatic N) is 2. The molecule has 0 aliphatic carbocycles. The molecule has 0 bridgehead atoms. The van der Waals surface area contributed by atoms with Crippen LogP contribution < -0.4 is 10.2 Å². The van der Waals surface area contributed by atoms with Crippen LogP contribution in [0, 0.1) is 13.8 Å². The predicted molar refractivity (Wildman–Crippen MR) is 82.9 cm³/mol. The summed E-state index contributed by atoms with van der Waals surface area (Å²) >= 11 is 1.71. The topological polar surface area (TPSA) is 28.2 Å². The maximum atomic E-state index is 4.52. The zero-order valence-corrected chi connectivity index (χ0v) is 12.8. The van der Waals surface area contributed by atoms with E-state index in [1.807, 2.05) is 14.0 Å². The lowest BCUT2D eigenvalue weighted by Crippen LogP contribution is -2.18. The van der Waals surface area contributed by atoms with E-state index in [1.165, 1.54) is 16.8 Å². The monoisotopic (exact) mass is 275 g/mol. The summed E-state index contributed by atoms with van der Waals surface area (Å²) in [5, 5.41) is 6.44. The van der Waals surface area contributed by atoms with Crippen molar-refractivity contribution in [2.45, 2.75) is 26.9 Å². The van der Waals surface area contributed by atoms with E-state index in [0.29, 0.717) is 0 Å². The Bertz CT molecular complexity index is 548. The van der Waals surface area contributed by atoms with Gasteiger partial charge in [-0.05, 0) is 38.1 Å². The maximum Gasteiger partial charge on any atom is 0.0898 e. The predicted octanol–water partition coefficient (Wildman–Crippen LogP) is 3.12. The zero-order chi connectivity index (χ0) is 13.8. The molecule has 4 heteroatoms. The highest BCUT2D eigenvalue weighted by atomic mass is 32.1. The molecule has 0 saturated carbocycles. The van der Waals surface area contributed by atoms with Crippen LogP contribution >= 0.6 is 11.3 Å². The first-order chi connectivity index (χ1) is 9.10. The molecule has 0 spiro atoms. The fourth-order valence-corrected chi connectivity index (χ4v) is 2.87. The highest BCUT2D eigenvalue weighted by Gasteiger charge is 2.08. The van der Waals surface area contributed by atoms with E-state index in [9.17, 15) is 0 Å². The molecule has 1 heterocycles. The molecule has 0 amide bonds. The number of benzene rings is 1. The number of anilines is 1. The first-order valence-electron chi connectivity index (χ1n) is 6.46. The molecule has 0 atom stereocenters. The maximum absolute atomic E-state index is 4.52. The molecule has 102 valence electrons. The van der Waals surface area contributed by atoms with Gasteiger partial charge < -0.3 is 10.2 Å². The summed E-state index contributed by atoms with van der Waals surface area (Å²) in [6, 6.07) is 6.62. The molecular weight excluding hydrogens is 254 g/mol. The number of aromatic nitrogens is 1. The van der Waals surface area contributed by atoms with Gasteiger partial charge in [-0.3, -0.25) is 0 Å². The molecule has 1 aromatic heterocycles. The summed E-state index contributed by atoms with van der Waals surface area (Å²) in [5.74, 6) is 0. The Morgan fingerprint density at radius 1 is 1.32 bits per heavy atom. The molecule has 0 unspecified atom stereocenters. The van der Waals surface area contributed by atoms with Crippen LogP contribution in [-0.2, 0) is 13.1 Å². The SMILES string of the molecule is CNCc1ccc(N(C)Cc2csc(C)n2)c(C)c1. The van der Waals surface area contributed by atoms with Gasteiger partial charge in [0, 0.05) is 24.7 Å². The molecule has 1 aromatic carbocycles. The van der Waals surface area contributed by atoms with Crippen molar-refractivity contribution in [3.8, 4) is 0 Å². The van der Waals surface area contributed by atoms with E-state index in [0.717, 1.165) is 23.8 Å². The van der Waals surface area contributed by atoms with Crippen molar-refractivity contribution in [1.29, 1.82) is 0 Å². The van der Waals surface area contributed by atoms with Gasteiger partial charge in [-0.15, -0.1) is 11.3 Å². The Kier molecular flexibility index (Phi) is 4.56. The lowest BCUT2D eigenvalue weighted by Gasteiger charge is -2.21. The van der Waals surface area contributed by atoms with Crippen LogP contribution in [0.15, 0.2) is 23.6 Å². The third-order valence-corrected chi connectivity index (χ3v) is 3.94. The van der Waals surface area contributed by atoms with Gasteiger partial charge in [0.25, 0.3) is 0 Å². The summed E-state index contributed by atoms with van der Waals surface area (Å²) in [6.07, 6.45) is 0. The molecule has 3 nitrogen and oxygen atoms in total. The first kappa shape index (κ1) is 14.0. The third-order valence-electron chi connectivity index (χ3n) is 3.12. The van der Waals surface area contributed by atoms with Crippen molar-refractivity contribution in [1.82, 2.24) is 10.3 Å². The molecule has 1 N–H and O–H groups in total. The lowest BCUT2D eigenvalue weighted by atomic mass is 10.1. The fraction of sp³-hybridized carbons (Fsp3) is 0.400. The van der Waals surface area contributed by atoms with Crippen LogP contribution in [0.3, 0.4) is 0 Å². The first-order valence-corrected chi connectivity index (χ1v) is 7.34. The van der Waals surface area contributed by atoms with Crippen molar-refractivity contribution in [2.24, 2.45) is 0 Å². The summed E-state index contributed by atoms with van der Waals surface area (Å²) in [6.45, 7) is 5.98. The fourth-order valence-electron chi connectivity index (χ4n) is 2.27. The number of hydrogen-bond donors (Lipinski definition) is 1. The second-order valence-electron chi connectivity index (χ2n) is 4.87.